The molecule has 1 spiro atoms. The third-order valence-corrected chi connectivity index (χ3v) is 5.19. The Morgan fingerprint density at radius 3 is 3.04 bits per heavy atom. The molecule has 7 nitrogen and oxygen atoms in total. The summed E-state index contributed by atoms with van der Waals surface area (Å²) in [7, 11) is 0. The molecule has 1 amide bonds. The SMILES string of the molecule is Cc1cc(C(=O)N2CCO[C@@]3(CCCN(Cc4ccccn4)C3)C2)n[nH]1. The lowest BCUT2D eigenvalue weighted by atomic mass is 9.90. The van der Waals surface area contributed by atoms with Gasteiger partial charge in [-0.2, -0.15) is 5.10 Å². The fourth-order valence-corrected chi connectivity index (χ4v) is 4.00. The molecule has 7 heteroatoms. The number of aromatic nitrogens is 3. The Balaban J connectivity index is 1.44. The number of amides is 1. The van der Waals surface area contributed by atoms with Crippen molar-refractivity contribution in [2.45, 2.75) is 31.9 Å². The number of hydrogen-bond acceptors (Lipinski definition) is 5. The molecule has 0 unspecified atom stereocenters. The van der Waals surface area contributed by atoms with Gasteiger partial charge >= 0.3 is 0 Å². The molecule has 2 saturated heterocycles. The van der Waals surface area contributed by atoms with Crippen LogP contribution >= 0.6 is 0 Å². The van der Waals surface area contributed by atoms with Gasteiger partial charge in [-0.3, -0.25) is 19.8 Å². The minimum Gasteiger partial charge on any atom is -0.370 e. The zero-order valence-electron chi connectivity index (χ0n) is 15.1. The summed E-state index contributed by atoms with van der Waals surface area (Å²) in [6, 6.07) is 7.81. The zero-order valence-corrected chi connectivity index (χ0v) is 15.1. The maximum atomic E-state index is 12.8. The van der Waals surface area contributed by atoms with E-state index in [4.69, 9.17) is 4.74 Å². The van der Waals surface area contributed by atoms with Gasteiger partial charge in [-0.15, -0.1) is 0 Å². The van der Waals surface area contributed by atoms with Crippen LogP contribution in [0.5, 0.6) is 0 Å². The number of pyridine rings is 1. The molecule has 0 aromatic carbocycles. The molecule has 0 saturated carbocycles. The van der Waals surface area contributed by atoms with Gasteiger partial charge in [-0.1, -0.05) is 6.07 Å². The molecule has 1 atom stereocenters. The number of morpholine rings is 1. The fraction of sp³-hybridized carbons (Fsp3) is 0.526. The molecule has 0 aliphatic carbocycles. The van der Waals surface area contributed by atoms with Crippen LogP contribution in [-0.2, 0) is 11.3 Å². The first-order valence-electron chi connectivity index (χ1n) is 9.21. The Bertz CT molecular complexity index is 758. The predicted molar refractivity (Wildman–Crippen MR) is 96.7 cm³/mol. The van der Waals surface area contributed by atoms with Crippen molar-refractivity contribution in [1.82, 2.24) is 25.0 Å². The second kappa shape index (κ2) is 7.17. The third kappa shape index (κ3) is 3.64. The summed E-state index contributed by atoms with van der Waals surface area (Å²) >= 11 is 0. The van der Waals surface area contributed by atoms with Crippen molar-refractivity contribution >= 4 is 5.91 Å². The summed E-state index contributed by atoms with van der Waals surface area (Å²) in [6.07, 6.45) is 3.88. The summed E-state index contributed by atoms with van der Waals surface area (Å²) in [5.41, 5.74) is 2.17. The molecule has 2 aromatic heterocycles. The first-order valence-corrected chi connectivity index (χ1v) is 9.21. The average Bonchev–Trinajstić information content (AvgIpc) is 3.08. The summed E-state index contributed by atoms with van der Waals surface area (Å²) in [5.74, 6) is -0.0149. The van der Waals surface area contributed by atoms with E-state index < -0.39 is 0 Å². The van der Waals surface area contributed by atoms with Crippen LogP contribution < -0.4 is 0 Å². The highest BCUT2D eigenvalue weighted by atomic mass is 16.5. The minimum absolute atomic E-state index is 0.0149. The maximum Gasteiger partial charge on any atom is 0.274 e. The van der Waals surface area contributed by atoms with Crippen LogP contribution in [0.15, 0.2) is 30.5 Å². The van der Waals surface area contributed by atoms with Crippen molar-refractivity contribution in [3.05, 3.63) is 47.5 Å². The molecule has 138 valence electrons. The highest BCUT2D eigenvalue weighted by molar-refractivity contribution is 5.92. The molecular formula is C19H25N5O2. The normalized spacial score (nSPS) is 24.1. The molecule has 1 N–H and O–H groups in total. The van der Waals surface area contributed by atoms with Gasteiger partial charge in [-0.05, 0) is 44.5 Å². The molecule has 2 fully saturated rings. The van der Waals surface area contributed by atoms with Crippen LogP contribution in [0.1, 0.15) is 34.7 Å². The second-order valence-electron chi connectivity index (χ2n) is 7.33. The van der Waals surface area contributed by atoms with E-state index in [1.54, 1.807) is 6.07 Å². The summed E-state index contributed by atoms with van der Waals surface area (Å²) in [4.78, 5) is 21.5. The largest absolute Gasteiger partial charge is 0.370 e. The summed E-state index contributed by atoms with van der Waals surface area (Å²) < 4.78 is 6.21. The van der Waals surface area contributed by atoms with E-state index in [1.165, 1.54) is 0 Å². The Morgan fingerprint density at radius 1 is 1.35 bits per heavy atom. The third-order valence-electron chi connectivity index (χ3n) is 5.19. The van der Waals surface area contributed by atoms with Gasteiger partial charge in [0.15, 0.2) is 0 Å². The predicted octanol–water partition coefficient (Wildman–Crippen LogP) is 1.62. The lowest BCUT2D eigenvalue weighted by Crippen LogP contribution is -2.60. The number of carbonyl (C=O) groups is 1. The highest BCUT2D eigenvalue weighted by Gasteiger charge is 2.42. The van der Waals surface area contributed by atoms with Crippen LogP contribution in [0.2, 0.25) is 0 Å². The number of piperidine rings is 1. The van der Waals surface area contributed by atoms with Crippen molar-refractivity contribution in [2.24, 2.45) is 0 Å². The van der Waals surface area contributed by atoms with E-state index in [2.05, 4.69) is 26.1 Å². The molecule has 2 aliphatic heterocycles. The number of ether oxygens (including phenoxy) is 1. The van der Waals surface area contributed by atoms with Crippen molar-refractivity contribution in [2.75, 3.05) is 32.8 Å². The summed E-state index contributed by atoms with van der Waals surface area (Å²) in [5, 5.41) is 6.97. The molecule has 0 radical (unpaired) electrons. The smallest absolute Gasteiger partial charge is 0.274 e. The number of aromatic amines is 1. The standard InChI is InChI=1S/C19H25N5O2/c1-15-11-17(22-21-15)18(25)24-9-10-26-19(14-24)6-4-8-23(13-19)12-16-5-2-3-7-20-16/h2-3,5,7,11H,4,6,8-10,12-14H2,1H3,(H,21,22)/t19-/m1/s1. The highest BCUT2D eigenvalue weighted by Crippen LogP contribution is 2.30. The molecule has 26 heavy (non-hydrogen) atoms. The topological polar surface area (TPSA) is 74.3 Å². The number of nitrogens with zero attached hydrogens (tertiary/aromatic N) is 4. The molecule has 4 heterocycles. The number of H-pyrrole nitrogens is 1. The van der Waals surface area contributed by atoms with Crippen LogP contribution in [-0.4, -0.2) is 69.3 Å². The molecule has 4 rings (SSSR count). The van der Waals surface area contributed by atoms with Gasteiger partial charge in [0.05, 0.1) is 24.4 Å². The van der Waals surface area contributed by atoms with Gasteiger partial charge in [0, 0.05) is 31.5 Å². The molecule has 2 aliphatic rings. The van der Waals surface area contributed by atoms with Crippen LogP contribution in [0.3, 0.4) is 0 Å². The van der Waals surface area contributed by atoms with E-state index in [9.17, 15) is 4.79 Å². The average molecular weight is 355 g/mol. The number of hydrogen-bond donors (Lipinski definition) is 1. The van der Waals surface area contributed by atoms with Crippen molar-refractivity contribution in [3.8, 4) is 0 Å². The maximum absolute atomic E-state index is 12.8. The molecular weight excluding hydrogens is 330 g/mol. The lowest BCUT2D eigenvalue weighted by molar-refractivity contribution is -0.133. The van der Waals surface area contributed by atoms with Crippen LogP contribution in [0.25, 0.3) is 0 Å². The Labute approximate surface area is 153 Å². The minimum atomic E-state index is -0.285. The van der Waals surface area contributed by atoms with Gasteiger partial charge in [0.1, 0.15) is 5.69 Å². The second-order valence-corrected chi connectivity index (χ2v) is 7.33. The zero-order chi connectivity index (χ0) is 18.0. The Morgan fingerprint density at radius 2 is 2.27 bits per heavy atom. The monoisotopic (exact) mass is 355 g/mol. The van der Waals surface area contributed by atoms with Crippen molar-refractivity contribution in [3.63, 3.8) is 0 Å². The van der Waals surface area contributed by atoms with Crippen molar-refractivity contribution in [1.29, 1.82) is 0 Å². The van der Waals surface area contributed by atoms with Crippen LogP contribution in [0, 0.1) is 6.92 Å². The quantitative estimate of drug-likeness (QED) is 0.906. The van der Waals surface area contributed by atoms with E-state index >= 15 is 0 Å². The van der Waals surface area contributed by atoms with E-state index in [0.717, 1.165) is 43.9 Å². The summed E-state index contributed by atoms with van der Waals surface area (Å²) in [6.45, 7) is 6.40. The van der Waals surface area contributed by atoms with Gasteiger partial charge < -0.3 is 9.64 Å². The van der Waals surface area contributed by atoms with E-state index in [0.29, 0.717) is 25.4 Å². The molecule has 2 aromatic rings. The first kappa shape index (κ1) is 17.2. The number of aryl methyl sites for hydroxylation is 1. The van der Waals surface area contributed by atoms with Crippen molar-refractivity contribution < 1.29 is 9.53 Å². The lowest BCUT2D eigenvalue weighted by Gasteiger charge is -2.47. The first-order chi connectivity index (χ1) is 12.6. The Kier molecular flexibility index (Phi) is 4.74. The van der Waals surface area contributed by atoms with Gasteiger partial charge in [0.2, 0.25) is 0 Å². The number of nitrogens with one attached hydrogen (secondary N) is 1. The van der Waals surface area contributed by atoms with E-state index in [1.807, 2.05) is 30.2 Å². The van der Waals surface area contributed by atoms with Gasteiger partial charge in [0.25, 0.3) is 5.91 Å². The van der Waals surface area contributed by atoms with E-state index in [-0.39, 0.29) is 11.5 Å². The fourth-order valence-electron chi connectivity index (χ4n) is 4.00. The number of carbonyl (C=O) groups excluding carboxylic acids is 1. The van der Waals surface area contributed by atoms with Crippen LogP contribution in [0.4, 0.5) is 0 Å². The number of likely N-dealkylation sites (tertiary alicyclic amines) is 1. The number of rotatable bonds is 3. The van der Waals surface area contributed by atoms with Gasteiger partial charge in [-0.25, -0.2) is 0 Å². The molecule has 0 bridgehead atoms. The Hall–Kier alpha value is -2.25.